The van der Waals surface area contributed by atoms with Crippen molar-refractivity contribution in [2.24, 2.45) is 4.40 Å². The van der Waals surface area contributed by atoms with Crippen molar-refractivity contribution in [3.63, 3.8) is 0 Å². The molecule has 2 rings (SSSR count). The van der Waals surface area contributed by atoms with Gasteiger partial charge in [0, 0.05) is 6.20 Å². The predicted octanol–water partition coefficient (Wildman–Crippen LogP) is -2.81. The van der Waals surface area contributed by atoms with Gasteiger partial charge in [-0.25, -0.2) is 4.98 Å². The van der Waals surface area contributed by atoms with Crippen LogP contribution < -0.4 is 34.9 Å². The molecule has 0 atom stereocenters. The Morgan fingerprint density at radius 2 is 2.24 bits per heavy atom. The van der Waals surface area contributed by atoms with Crippen LogP contribution >= 0.6 is 0 Å². The van der Waals surface area contributed by atoms with E-state index in [0.29, 0.717) is 0 Å². The van der Waals surface area contributed by atoms with Crippen molar-refractivity contribution in [3.05, 3.63) is 18.3 Å². The molecule has 2 N–H and O–H groups in total. The van der Waals surface area contributed by atoms with Crippen molar-refractivity contribution in [2.45, 2.75) is 11.4 Å². The summed E-state index contributed by atoms with van der Waals surface area (Å²) in [4.78, 5) is 14.1. The molecule has 0 saturated carbocycles. The molecule has 0 fully saturated rings. The van der Waals surface area contributed by atoms with Gasteiger partial charge in [0.15, 0.2) is 0 Å². The summed E-state index contributed by atoms with van der Waals surface area (Å²) in [6.45, 7) is 0. The van der Waals surface area contributed by atoms with E-state index in [1.807, 2.05) is 0 Å². The second kappa shape index (κ2) is 5.13. The van der Waals surface area contributed by atoms with E-state index in [1.165, 1.54) is 12.3 Å². The van der Waals surface area contributed by atoms with E-state index in [9.17, 15) is 13.2 Å². The van der Waals surface area contributed by atoms with E-state index in [4.69, 9.17) is 5.11 Å². The molecule has 0 bridgehead atoms. The number of sulfonamides is 1. The van der Waals surface area contributed by atoms with E-state index in [1.54, 1.807) is 6.07 Å². The molecular formula is C8H8N3NaO4S. The van der Waals surface area contributed by atoms with Gasteiger partial charge in [0.2, 0.25) is 5.03 Å². The Morgan fingerprint density at radius 3 is 2.88 bits per heavy atom. The third kappa shape index (κ3) is 3.03. The average molecular weight is 265 g/mol. The molecule has 7 nitrogen and oxygen atoms in total. The van der Waals surface area contributed by atoms with Gasteiger partial charge in [-0.15, -0.1) is 4.40 Å². The molecular weight excluding hydrogens is 257 g/mol. The largest absolute Gasteiger partial charge is 1.00 e. The van der Waals surface area contributed by atoms with Crippen LogP contribution in [0.15, 0.2) is 27.8 Å². The molecule has 1 aromatic heterocycles. The van der Waals surface area contributed by atoms with Crippen LogP contribution in [0.2, 0.25) is 0 Å². The standard InChI is InChI=1S/C8H7N3O4S.Na.H/c12-7(13)4-6-10-5-2-1-3-9-8(5)16(14,15)11-6;;/h1-3H,4H2,(H,10,11)(H,12,13);;/q;+1;-1. The fourth-order valence-electron chi connectivity index (χ4n) is 1.28. The first kappa shape index (κ1) is 14.1. The molecule has 1 aliphatic rings. The predicted molar refractivity (Wildman–Crippen MR) is 55.8 cm³/mol. The number of anilines is 1. The molecule has 9 heteroatoms. The molecule has 0 amide bonds. The minimum Gasteiger partial charge on any atom is -1.00 e. The molecule has 86 valence electrons. The van der Waals surface area contributed by atoms with Gasteiger partial charge in [-0.2, -0.15) is 8.42 Å². The number of fused-ring (bicyclic) bond motifs is 1. The molecule has 17 heavy (non-hydrogen) atoms. The number of aromatic nitrogens is 1. The zero-order valence-corrected chi connectivity index (χ0v) is 11.7. The van der Waals surface area contributed by atoms with Gasteiger partial charge >= 0.3 is 45.5 Å². The molecule has 0 aliphatic carbocycles. The number of carboxylic acid groups (broad SMARTS) is 1. The maximum atomic E-state index is 11.6. The summed E-state index contributed by atoms with van der Waals surface area (Å²) in [5.74, 6) is -1.28. The Hall–Kier alpha value is -0.960. The number of hydrogen-bond donors (Lipinski definition) is 2. The molecule has 2 heterocycles. The Morgan fingerprint density at radius 1 is 1.53 bits per heavy atom. The normalized spacial score (nSPS) is 15.9. The van der Waals surface area contributed by atoms with Crippen molar-refractivity contribution < 1.29 is 49.3 Å². The minimum atomic E-state index is -3.89. The number of hydrogen-bond acceptors (Lipinski definition) is 5. The van der Waals surface area contributed by atoms with Crippen LogP contribution in [0.25, 0.3) is 0 Å². The van der Waals surface area contributed by atoms with Crippen molar-refractivity contribution >= 4 is 27.5 Å². The molecule has 1 aliphatic heterocycles. The zero-order valence-electron chi connectivity index (χ0n) is 9.91. The van der Waals surface area contributed by atoms with Gasteiger partial charge in [0.05, 0.1) is 5.69 Å². The maximum absolute atomic E-state index is 11.6. The summed E-state index contributed by atoms with van der Waals surface area (Å²) in [6.07, 6.45) is 0.851. The number of rotatable bonds is 2. The number of carboxylic acids is 1. The van der Waals surface area contributed by atoms with Crippen molar-refractivity contribution in [1.82, 2.24) is 4.98 Å². The number of amidine groups is 1. The Balaban J connectivity index is 0.00000144. The van der Waals surface area contributed by atoms with Crippen LogP contribution in [0.1, 0.15) is 7.85 Å². The number of aliphatic carboxylic acids is 1. The fraction of sp³-hybridized carbons (Fsp3) is 0.125. The molecule has 1 aromatic rings. The molecule has 0 radical (unpaired) electrons. The van der Waals surface area contributed by atoms with Crippen LogP contribution in [-0.2, 0) is 14.8 Å². The average Bonchev–Trinajstić information content (AvgIpc) is 2.15. The first-order chi connectivity index (χ1) is 7.49. The van der Waals surface area contributed by atoms with Crippen molar-refractivity contribution in [3.8, 4) is 0 Å². The van der Waals surface area contributed by atoms with E-state index in [0.717, 1.165) is 0 Å². The number of carbonyl (C=O) groups is 1. The fourth-order valence-corrected chi connectivity index (χ4v) is 2.36. The van der Waals surface area contributed by atoms with Gasteiger partial charge in [-0.05, 0) is 12.1 Å². The SMILES string of the molecule is O=C(O)CC1=NS(=O)(=O)c2ncccc2N1.[H-].[Na+]. The van der Waals surface area contributed by atoms with E-state index >= 15 is 0 Å². The minimum absolute atomic E-state index is 0. The van der Waals surface area contributed by atoms with Crippen LogP contribution in [-0.4, -0.2) is 30.3 Å². The van der Waals surface area contributed by atoms with Crippen LogP contribution in [0.4, 0.5) is 5.69 Å². The molecule has 0 unspecified atom stereocenters. The van der Waals surface area contributed by atoms with E-state index < -0.39 is 22.4 Å². The summed E-state index contributed by atoms with van der Waals surface area (Å²) in [5, 5.41) is 11.0. The summed E-state index contributed by atoms with van der Waals surface area (Å²) in [6, 6.07) is 3.04. The second-order valence-electron chi connectivity index (χ2n) is 3.06. The quantitative estimate of drug-likeness (QED) is 0.559. The third-order valence-corrected chi connectivity index (χ3v) is 3.12. The molecule has 0 spiro atoms. The Bertz CT molecular complexity index is 590. The molecule has 0 aromatic carbocycles. The Labute approximate surface area is 121 Å². The van der Waals surface area contributed by atoms with Gasteiger partial charge in [-0.1, -0.05) is 0 Å². The van der Waals surface area contributed by atoms with Crippen LogP contribution in [0, 0.1) is 0 Å². The van der Waals surface area contributed by atoms with Crippen molar-refractivity contribution in [2.75, 3.05) is 5.32 Å². The second-order valence-corrected chi connectivity index (χ2v) is 4.58. The monoisotopic (exact) mass is 265 g/mol. The van der Waals surface area contributed by atoms with Gasteiger partial charge in [-0.3, -0.25) is 4.79 Å². The topological polar surface area (TPSA) is 109 Å². The zero-order chi connectivity index (χ0) is 11.8. The number of pyridine rings is 1. The first-order valence-corrected chi connectivity index (χ1v) is 5.71. The van der Waals surface area contributed by atoms with Gasteiger partial charge in [0.25, 0.3) is 0 Å². The van der Waals surface area contributed by atoms with Crippen LogP contribution in [0.3, 0.4) is 0 Å². The summed E-state index contributed by atoms with van der Waals surface area (Å²) < 4.78 is 26.5. The summed E-state index contributed by atoms with van der Waals surface area (Å²) in [7, 11) is -3.89. The smallest absolute Gasteiger partial charge is 1.00 e. The van der Waals surface area contributed by atoms with Crippen LogP contribution in [0.5, 0.6) is 0 Å². The number of nitrogens with one attached hydrogen (secondary N) is 1. The summed E-state index contributed by atoms with van der Waals surface area (Å²) in [5.41, 5.74) is 0.244. The maximum Gasteiger partial charge on any atom is 1.00 e. The van der Waals surface area contributed by atoms with Gasteiger partial charge in [0.1, 0.15) is 12.3 Å². The van der Waals surface area contributed by atoms with Crippen molar-refractivity contribution in [1.29, 1.82) is 0 Å². The third-order valence-electron chi connectivity index (χ3n) is 1.84. The van der Waals surface area contributed by atoms with E-state index in [-0.39, 0.29) is 47.5 Å². The van der Waals surface area contributed by atoms with E-state index in [2.05, 4.69) is 14.7 Å². The number of nitrogens with zero attached hydrogens (tertiary/aromatic N) is 2. The Kier molecular flexibility index (Phi) is 4.26. The first-order valence-electron chi connectivity index (χ1n) is 4.27. The molecule has 0 saturated heterocycles. The van der Waals surface area contributed by atoms with Gasteiger partial charge < -0.3 is 11.8 Å². The summed E-state index contributed by atoms with van der Waals surface area (Å²) >= 11 is 0.